The number of aromatic nitrogens is 2. The van der Waals surface area contributed by atoms with E-state index in [4.69, 9.17) is 9.47 Å². The van der Waals surface area contributed by atoms with Crippen molar-refractivity contribution >= 4 is 43.6 Å². The van der Waals surface area contributed by atoms with E-state index in [-0.39, 0.29) is 95.9 Å². The molecule has 118 heavy (non-hydrogen) atoms. The van der Waals surface area contributed by atoms with Crippen LogP contribution in [-0.4, -0.2) is 42.0 Å². The molecule has 0 aliphatic rings. The first-order chi connectivity index (χ1) is 53.9. The number of nitrogens with zero attached hydrogens (tertiary/aromatic N) is 2. The third-order valence-corrected chi connectivity index (χ3v) is 25.0. The molecule has 0 fully saturated rings. The van der Waals surface area contributed by atoms with Crippen molar-refractivity contribution in [1.29, 1.82) is 0 Å². The van der Waals surface area contributed by atoms with Gasteiger partial charge < -0.3 is 43.7 Å². The van der Waals surface area contributed by atoms with E-state index in [9.17, 15) is 10.2 Å². The third-order valence-electron chi connectivity index (χ3n) is 25.0. The molecular weight excluding hydrogens is 1520 g/mol. The summed E-state index contributed by atoms with van der Waals surface area (Å²) >= 11 is 0. The van der Waals surface area contributed by atoms with Gasteiger partial charge in [0.2, 0.25) is 0 Å². The molecule has 0 radical (unpaired) electrons. The number of ether oxygens (including phenoxy) is 2. The van der Waals surface area contributed by atoms with Crippen LogP contribution >= 0.6 is 0 Å². The molecule has 10 aromatic rings. The van der Waals surface area contributed by atoms with E-state index in [0.717, 1.165) is 117 Å². The number of phenolic OH excluding ortho intramolecular Hbond substituents is 2. The van der Waals surface area contributed by atoms with Gasteiger partial charge in [0.05, 0.1) is 44.6 Å². The molecule has 0 unspecified atom stereocenters. The summed E-state index contributed by atoms with van der Waals surface area (Å²) in [6, 6.07) is 47.0. The second-order valence-electron chi connectivity index (χ2n) is 43.2. The molecule has 0 spiro atoms. The van der Waals surface area contributed by atoms with E-state index < -0.39 is 0 Å². The predicted molar refractivity (Wildman–Crippen MR) is 516 cm³/mol. The minimum atomic E-state index is -0.273. The maximum absolute atomic E-state index is 13.9. The van der Waals surface area contributed by atoms with Crippen LogP contribution < -0.4 is 0 Å². The number of aromatic hydroxyl groups is 4. The van der Waals surface area contributed by atoms with Crippen molar-refractivity contribution in [2.75, 3.05) is 13.2 Å². The topological polar surface area (TPSA) is 75.9 Å². The number of benzene rings is 8. The molecule has 7 heteroatoms. The number of rotatable bonds is 36. The summed E-state index contributed by atoms with van der Waals surface area (Å²) in [6.07, 6.45) is 30.3. The van der Waals surface area contributed by atoms with Gasteiger partial charge >= 0.3 is 0 Å². The van der Waals surface area contributed by atoms with E-state index in [1.165, 1.54) is 182 Å². The molecule has 10 rings (SSSR count). The first kappa shape index (κ1) is 98.6. The van der Waals surface area contributed by atoms with Crippen LogP contribution in [0.5, 0.6) is 23.0 Å². The van der Waals surface area contributed by atoms with Crippen molar-refractivity contribution < 1.29 is 45.9 Å². The Hall–Kier alpha value is -6.56. The fourth-order valence-corrected chi connectivity index (χ4v) is 19.0. The summed E-state index contributed by atoms with van der Waals surface area (Å²) in [4.78, 5) is 0. The van der Waals surface area contributed by atoms with Gasteiger partial charge in [0, 0.05) is 70.0 Å². The average molecular weight is 1680 g/mol. The summed E-state index contributed by atoms with van der Waals surface area (Å²) in [5.74, 6) is 2.41. The van der Waals surface area contributed by atoms with Crippen LogP contribution in [0.1, 0.15) is 369 Å². The van der Waals surface area contributed by atoms with Gasteiger partial charge in [0.1, 0.15) is 17.9 Å². The summed E-state index contributed by atoms with van der Waals surface area (Å²) in [5.41, 5.74) is 21.0. The summed E-state index contributed by atoms with van der Waals surface area (Å²) in [6.45, 7) is 61.6. The van der Waals surface area contributed by atoms with Gasteiger partial charge in [-0.25, -0.2) is 0 Å². The van der Waals surface area contributed by atoms with Crippen molar-refractivity contribution in [1.82, 2.24) is 9.13 Å². The summed E-state index contributed by atoms with van der Waals surface area (Å²) in [7, 11) is 0. The molecule has 6 nitrogen and oxygen atoms in total. The molecule has 0 saturated heterocycles. The molecular formula is C111H162N2O4Zr. The fraction of sp³-hybridized carbons (Fsp3) is 0.550. The molecule has 0 amide bonds. The summed E-state index contributed by atoms with van der Waals surface area (Å²) in [5, 5.41) is 32.5. The zero-order valence-electron chi connectivity index (χ0n) is 79.8. The first-order valence-electron chi connectivity index (χ1n) is 45.5. The van der Waals surface area contributed by atoms with Crippen LogP contribution in [0, 0.1) is 39.5 Å². The molecule has 644 valence electrons. The molecule has 2 heterocycles. The second-order valence-corrected chi connectivity index (χ2v) is 43.2. The third kappa shape index (κ3) is 24.4. The van der Waals surface area contributed by atoms with E-state index in [1.807, 2.05) is 0 Å². The van der Waals surface area contributed by atoms with Gasteiger partial charge in [-0.15, -0.1) is 0 Å². The van der Waals surface area contributed by atoms with E-state index in [0.29, 0.717) is 19.6 Å². The van der Waals surface area contributed by atoms with Crippen LogP contribution in [-0.2, 0) is 71.5 Å². The Morgan fingerprint density at radius 1 is 0.297 bits per heavy atom. The number of fused-ring (bicyclic) bond motifs is 6. The molecule has 0 aliphatic carbocycles. The van der Waals surface area contributed by atoms with E-state index in [2.05, 4.69) is 310 Å². The van der Waals surface area contributed by atoms with Gasteiger partial charge in [-0.05, 0) is 213 Å². The van der Waals surface area contributed by atoms with Gasteiger partial charge in [-0.2, -0.15) is 0 Å². The number of phenols is 2. The van der Waals surface area contributed by atoms with Crippen molar-refractivity contribution in [2.45, 2.75) is 373 Å². The minimum absolute atomic E-state index is 0. The normalized spacial score (nSPS) is 12.8. The molecule has 4 N–H and O–H groups in total. The zero-order valence-corrected chi connectivity index (χ0v) is 82.3. The summed E-state index contributed by atoms with van der Waals surface area (Å²) < 4.78 is 16.3. The Bertz CT molecular complexity index is 4510. The Morgan fingerprint density at radius 2 is 0.559 bits per heavy atom. The SMILES string of the molecule is CCCCCCCCCCCCc1cc(C)c([OH+]CCC[OH+]c2c(C)cc(CCCCCCCCCCCC)cc2-c2cc(C(C)(C)CC(C)(C)C)cc(-n3c4cc(C(C)(C)C)ccc4c4ccc(C(C)(C)C)cc43)c2O)c(-c2cc(C(C)(C)CC(C)(C)C)cc(-n3c4cc(C(C)(C)C)ccc4c4ccc(C(C)(C)C)cc43)c2O)c1.[CH3-].[CH3-].[Zr]. The van der Waals surface area contributed by atoms with Gasteiger partial charge in [-0.3, -0.25) is 0 Å². The van der Waals surface area contributed by atoms with E-state index in [1.54, 1.807) is 0 Å². The van der Waals surface area contributed by atoms with Crippen LogP contribution in [0.2, 0.25) is 0 Å². The predicted octanol–water partition coefficient (Wildman–Crippen LogP) is 33.3. The van der Waals surface area contributed by atoms with E-state index >= 15 is 0 Å². The van der Waals surface area contributed by atoms with Crippen LogP contribution in [0.4, 0.5) is 0 Å². The van der Waals surface area contributed by atoms with Crippen molar-refractivity contribution in [2.24, 2.45) is 10.8 Å². The van der Waals surface area contributed by atoms with Crippen LogP contribution in [0.3, 0.4) is 0 Å². The standard InChI is InChI=1S/C109H154N2O4.2CH3.Zr/c1-27-29-31-33-35-37-39-41-43-45-48-76-60-74(3)100(90(62-76)88-64-82(108(23,24)72-102(5,6)7)70-96(98(88)112)110-92-66-78(104(11,12)13)50-54-84(92)85-55-51-79(67-93(85)110)105(14,15)16)114-58-47-59-115-101-75(4)61-77(49-46-44-42-40-38-36-34-32-30-28-2)63-91(101)89-65-83(109(25,26)73-103(8,9)10)71-97(99(89)113)111-94-68-80(106(17,18)19)52-56-86(94)87-57-53-81(69-95(87)111)107(20,21)22;;;/h50-57,60-71,112-113H,27-49,58-59,72-73H2,1-26H3;2*1H3;/q;2*-1;/p+2. The number of unbranched alkanes of at least 4 members (excludes halogenated alkanes) is 18. The molecule has 0 aliphatic heterocycles. The second kappa shape index (κ2) is 40.6. The van der Waals surface area contributed by atoms with Crippen molar-refractivity contribution in [3.63, 3.8) is 0 Å². The monoisotopic (exact) mass is 1680 g/mol. The number of aliphatic hydroxyl groups is 2. The average Bonchev–Trinajstić information content (AvgIpc) is 1.58. The van der Waals surface area contributed by atoms with Gasteiger partial charge in [-0.1, -0.05) is 330 Å². The Morgan fingerprint density at radius 3 is 0.814 bits per heavy atom. The van der Waals surface area contributed by atoms with Gasteiger partial charge in [0.25, 0.3) is 11.5 Å². The fourth-order valence-electron chi connectivity index (χ4n) is 19.0. The molecule has 2 aromatic heterocycles. The zero-order chi connectivity index (χ0) is 84.0. The molecule has 0 saturated carbocycles. The Kier molecular flexibility index (Phi) is 33.9. The molecule has 0 bridgehead atoms. The Balaban J connectivity index is 0.00000641. The maximum Gasteiger partial charge on any atom is 0.265 e. The maximum atomic E-state index is 13.9. The number of aryl methyl sites for hydroxylation is 4. The Labute approximate surface area is 738 Å². The minimum Gasteiger partial charge on any atom is -0.582 e. The largest absolute Gasteiger partial charge is 0.582 e. The van der Waals surface area contributed by atoms with Crippen LogP contribution in [0.25, 0.3) is 77.2 Å². The van der Waals surface area contributed by atoms with Crippen molar-refractivity contribution in [3.05, 3.63) is 192 Å². The molecule has 8 aromatic carbocycles. The quantitative estimate of drug-likeness (QED) is 0.0233. The van der Waals surface area contributed by atoms with Crippen LogP contribution in [0.15, 0.2) is 121 Å². The number of hydrogen-bond donors (Lipinski definition) is 2. The molecule has 0 atom stereocenters. The first-order valence-corrected chi connectivity index (χ1v) is 45.5. The number of hydrogen-bond acceptors (Lipinski definition) is 2. The van der Waals surface area contributed by atoms with Gasteiger partial charge in [0.15, 0.2) is 13.2 Å². The smallest absolute Gasteiger partial charge is 0.265 e. The van der Waals surface area contributed by atoms with Crippen molar-refractivity contribution in [3.8, 4) is 56.6 Å².